The molecule has 0 saturated carbocycles. The van der Waals surface area contributed by atoms with E-state index in [0.29, 0.717) is 0 Å². The van der Waals surface area contributed by atoms with Gasteiger partial charge in [0.15, 0.2) is 0 Å². The largest absolute Gasteiger partial charge is 1.00 e. The maximum absolute atomic E-state index is 0. The van der Waals surface area contributed by atoms with Crippen molar-refractivity contribution in [1.29, 1.82) is 0 Å². The van der Waals surface area contributed by atoms with Crippen LogP contribution in [-0.2, 0) is 20.1 Å². The van der Waals surface area contributed by atoms with Gasteiger partial charge in [-0.05, 0) is 0 Å². The van der Waals surface area contributed by atoms with Gasteiger partial charge in [-0.25, -0.2) is 0 Å². The van der Waals surface area contributed by atoms with Crippen LogP contribution in [0.3, 0.4) is 0 Å². The van der Waals surface area contributed by atoms with E-state index >= 15 is 0 Å². The second-order valence-electron chi connectivity index (χ2n) is 0. The molecule has 12 N–H and O–H groups in total. The minimum atomic E-state index is 0. The molecule has 1 radical (unpaired) electrons. The fourth-order valence-electron chi connectivity index (χ4n) is 0. The molecule has 9 heavy (non-hydrogen) atoms. The molecule has 0 amide bonds. The average molecular weight is 361 g/mol. The van der Waals surface area contributed by atoms with Gasteiger partial charge in [0, 0.05) is 20.1 Å². The third kappa shape index (κ3) is 199. The van der Waals surface area contributed by atoms with Crippen molar-refractivity contribution in [3.63, 3.8) is 0 Å². The van der Waals surface area contributed by atoms with Gasteiger partial charge in [0.05, 0.1) is 0 Å². The van der Waals surface area contributed by atoms with Crippen LogP contribution >= 0.6 is 12.4 Å². The Morgan fingerprint density at radius 2 is 0.556 bits per heavy atom. The molecule has 0 aliphatic rings. The standard InChI is InChI=1S/ClH.Ir.Na.6H2O.H/h1H;;;6*1H2;/q;;+1;;;;;;;-1. The van der Waals surface area contributed by atoms with Crippen molar-refractivity contribution in [3.8, 4) is 0 Å². The van der Waals surface area contributed by atoms with E-state index in [1.54, 1.807) is 0 Å². The average Bonchev–Trinajstić information content (AvgIpc) is 0. The van der Waals surface area contributed by atoms with Gasteiger partial charge in [-0.2, -0.15) is 0 Å². The molecule has 0 aromatic heterocycles. The summed E-state index contributed by atoms with van der Waals surface area (Å²) in [5.41, 5.74) is 0. The van der Waals surface area contributed by atoms with Crippen LogP contribution < -0.4 is 29.6 Å². The minimum Gasteiger partial charge on any atom is -1.00 e. The topological polar surface area (TPSA) is 189 Å². The fourth-order valence-corrected chi connectivity index (χ4v) is 0. The quantitative estimate of drug-likeness (QED) is 0.371. The first-order chi connectivity index (χ1) is 0. The van der Waals surface area contributed by atoms with Crippen molar-refractivity contribution < 1.29 is 83.9 Å². The van der Waals surface area contributed by atoms with Crippen LogP contribution in [0.4, 0.5) is 0 Å². The van der Waals surface area contributed by atoms with Crippen molar-refractivity contribution >= 4 is 12.4 Å². The number of hydrogen-bond donors (Lipinski definition) is 0. The molecule has 0 saturated heterocycles. The molecule has 6 nitrogen and oxygen atoms in total. The van der Waals surface area contributed by atoms with Crippen LogP contribution in [0.25, 0.3) is 0 Å². The molecule has 9 heteroatoms. The summed E-state index contributed by atoms with van der Waals surface area (Å²) in [4.78, 5) is 0. The third-order valence-corrected chi connectivity index (χ3v) is 0. The maximum Gasteiger partial charge on any atom is 1.00 e. The van der Waals surface area contributed by atoms with Gasteiger partial charge in [0.1, 0.15) is 0 Å². The second-order valence-corrected chi connectivity index (χ2v) is 0. The van der Waals surface area contributed by atoms with Gasteiger partial charge in [-0.1, -0.05) is 0 Å². The molecule has 0 bridgehead atoms. The van der Waals surface area contributed by atoms with Crippen molar-refractivity contribution in [2.45, 2.75) is 0 Å². The summed E-state index contributed by atoms with van der Waals surface area (Å²) in [5.74, 6) is 0. The Morgan fingerprint density at radius 1 is 0.556 bits per heavy atom. The zero-order valence-corrected chi connectivity index (χ0v) is 9.95. The molecule has 0 aromatic carbocycles. The Labute approximate surface area is 95.8 Å². The first kappa shape index (κ1) is 349. The zero-order chi connectivity index (χ0) is 0. The van der Waals surface area contributed by atoms with E-state index in [0.717, 1.165) is 0 Å². The molecule has 0 heterocycles. The van der Waals surface area contributed by atoms with Gasteiger partial charge in [-0.3, -0.25) is 0 Å². The van der Waals surface area contributed by atoms with E-state index in [2.05, 4.69) is 0 Å². The molecule has 0 spiro atoms. The molecular weight excluding hydrogens is 347 g/mol. The fraction of sp³-hybridized carbons (Fsp3) is 0. The molecule has 0 aliphatic heterocycles. The minimum absolute atomic E-state index is 0. The van der Waals surface area contributed by atoms with Crippen molar-refractivity contribution in [2.75, 3.05) is 0 Å². The monoisotopic (exact) mass is 361 g/mol. The van der Waals surface area contributed by atoms with E-state index in [4.69, 9.17) is 0 Å². The summed E-state index contributed by atoms with van der Waals surface area (Å²) >= 11 is 0. The number of halogens is 1. The Morgan fingerprint density at radius 3 is 0.556 bits per heavy atom. The van der Waals surface area contributed by atoms with Gasteiger partial charge in [0.25, 0.3) is 0 Å². The van der Waals surface area contributed by atoms with E-state index in [-0.39, 0.29) is 96.4 Å². The van der Waals surface area contributed by atoms with Gasteiger partial charge >= 0.3 is 29.6 Å². The summed E-state index contributed by atoms with van der Waals surface area (Å²) in [6, 6.07) is 0. The van der Waals surface area contributed by atoms with Crippen LogP contribution in [0, 0.1) is 0 Å². The van der Waals surface area contributed by atoms with E-state index in [1.807, 2.05) is 0 Å². The van der Waals surface area contributed by atoms with Crippen LogP contribution in [-0.4, -0.2) is 32.9 Å². The predicted molar refractivity (Wildman–Crippen MR) is 30.0 cm³/mol. The van der Waals surface area contributed by atoms with E-state index in [1.165, 1.54) is 0 Å². The summed E-state index contributed by atoms with van der Waals surface area (Å²) in [6.07, 6.45) is 0. The Balaban J connectivity index is 0. The van der Waals surface area contributed by atoms with Crippen molar-refractivity contribution in [1.82, 2.24) is 0 Å². The molecule has 0 atom stereocenters. The molecule has 0 fully saturated rings. The maximum atomic E-state index is 0. The SMILES string of the molecule is Cl.O.O.O.O.O.O.[H-].[Ir].[Na+]. The number of rotatable bonds is 0. The number of hydrogen-bond acceptors (Lipinski definition) is 0. The molecule has 0 unspecified atom stereocenters. The van der Waals surface area contributed by atoms with Gasteiger partial charge < -0.3 is 34.3 Å². The first-order valence-corrected chi connectivity index (χ1v) is 0. The van der Waals surface area contributed by atoms with Crippen LogP contribution in [0.5, 0.6) is 0 Å². The summed E-state index contributed by atoms with van der Waals surface area (Å²) in [6.45, 7) is 0. The molecule has 0 aromatic rings. The van der Waals surface area contributed by atoms with Crippen LogP contribution in [0.2, 0.25) is 0 Å². The first-order valence-electron chi connectivity index (χ1n) is 0. The smallest absolute Gasteiger partial charge is 1.00 e. The summed E-state index contributed by atoms with van der Waals surface area (Å²) in [7, 11) is 0. The third-order valence-electron chi connectivity index (χ3n) is 0. The Bertz CT molecular complexity index is 17.7. The Kier molecular flexibility index (Phi) is 9840. The van der Waals surface area contributed by atoms with E-state index < -0.39 is 0 Å². The van der Waals surface area contributed by atoms with Gasteiger partial charge in [0.2, 0.25) is 0 Å². The summed E-state index contributed by atoms with van der Waals surface area (Å²) < 4.78 is 0. The van der Waals surface area contributed by atoms with Crippen molar-refractivity contribution in [3.05, 3.63) is 0 Å². The molecule has 0 rings (SSSR count). The predicted octanol–water partition coefficient (Wildman–Crippen LogP) is -7.41. The summed E-state index contributed by atoms with van der Waals surface area (Å²) in [5, 5.41) is 0. The van der Waals surface area contributed by atoms with Crippen LogP contribution in [0.1, 0.15) is 1.43 Å². The van der Waals surface area contributed by atoms with Crippen LogP contribution in [0.15, 0.2) is 0 Å². The molecular formula is H14ClIrNaO6. The molecule has 0 aliphatic carbocycles. The van der Waals surface area contributed by atoms with E-state index in [9.17, 15) is 0 Å². The van der Waals surface area contributed by atoms with Crippen molar-refractivity contribution in [2.24, 2.45) is 0 Å². The molecule has 67 valence electrons. The zero-order valence-electron chi connectivity index (χ0n) is 5.74. The normalized spacial score (nSPS) is 0. The Hall–Kier alpha value is 1.70. The van der Waals surface area contributed by atoms with Gasteiger partial charge in [-0.15, -0.1) is 12.4 Å². The second kappa shape index (κ2) is 254.